The van der Waals surface area contributed by atoms with Crippen LogP contribution in [0, 0.1) is 0 Å². The largest absolute Gasteiger partial charge is 0.472 e. The molecule has 11 heteroatoms. The van der Waals surface area contributed by atoms with Crippen molar-refractivity contribution in [3.05, 3.63) is 85.1 Å². The molecule has 0 saturated carbocycles. The van der Waals surface area contributed by atoms with Gasteiger partial charge in [0.1, 0.15) is 6.61 Å². The van der Waals surface area contributed by atoms with Crippen LogP contribution >= 0.6 is 7.82 Å². The molecule has 4 N–H and O–H groups in total. The molecule has 320 valence electrons. The summed E-state index contributed by atoms with van der Waals surface area (Å²) < 4.78 is 32.6. The molecular formula is C45H76NO9P. The Hall–Kier alpha value is -2.85. The van der Waals surface area contributed by atoms with Crippen molar-refractivity contribution in [2.75, 3.05) is 26.4 Å². The molecule has 0 aromatic carbocycles. The van der Waals surface area contributed by atoms with Crippen molar-refractivity contribution in [1.82, 2.24) is 0 Å². The number of allylic oxidation sites excluding steroid dienone is 14. The number of ether oxygens (including phenoxy) is 2. The van der Waals surface area contributed by atoms with Gasteiger partial charge < -0.3 is 25.2 Å². The Balaban J connectivity index is 4.37. The summed E-state index contributed by atoms with van der Waals surface area (Å²) in [5.74, 6) is -0.981. The first-order chi connectivity index (χ1) is 27.2. The summed E-state index contributed by atoms with van der Waals surface area (Å²) in [6.45, 7) is 3.12. The third-order valence-electron chi connectivity index (χ3n) is 8.27. The van der Waals surface area contributed by atoms with E-state index in [1.54, 1.807) is 0 Å². The summed E-state index contributed by atoms with van der Waals surface area (Å²) in [5.41, 5.74) is 5.33. The highest BCUT2D eigenvalue weighted by molar-refractivity contribution is 7.47. The fraction of sp³-hybridized carbons (Fsp3) is 0.644. The van der Waals surface area contributed by atoms with E-state index < -0.39 is 32.5 Å². The smallest absolute Gasteiger partial charge is 0.462 e. The van der Waals surface area contributed by atoms with E-state index in [0.717, 1.165) is 57.8 Å². The van der Waals surface area contributed by atoms with Gasteiger partial charge in [-0.15, -0.1) is 0 Å². The zero-order valence-electron chi connectivity index (χ0n) is 34.7. The van der Waals surface area contributed by atoms with Gasteiger partial charge in [-0.3, -0.25) is 18.6 Å². The van der Waals surface area contributed by atoms with Crippen molar-refractivity contribution < 1.29 is 42.7 Å². The molecule has 0 amide bonds. The lowest BCUT2D eigenvalue weighted by molar-refractivity contribution is -0.161. The van der Waals surface area contributed by atoms with E-state index in [1.165, 1.54) is 38.5 Å². The lowest BCUT2D eigenvalue weighted by Crippen LogP contribution is -2.29. The van der Waals surface area contributed by atoms with Crippen molar-refractivity contribution in [3.63, 3.8) is 0 Å². The quantitative estimate of drug-likeness (QED) is 0.0238. The van der Waals surface area contributed by atoms with Gasteiger partial charge in [-0.1, -0.05) is 124 Å². The van der Waals surface area contributed by atoms with Crippen LogP contribution in [-0.4, -0.2) is 60.5 Å². The Morgan fingerprint density at radius 3 is 1.55 bits per heavy atom. The Labute approximate surface area is 339 Å². The first-order valence-electron chi connectivity index (χ1n) is 21.1. The second-order valence-corrected chi connectivity index (χ2v) is 15.2. The van der Waals surface area contributed by atoms with E-state index in [2.05, 4.69) is 79.8 Å². The van der Waals surface area contributed by atoms with Crippen molar-refractivity contribution in [1.29, 1.82) is 0 Å². The normalized spacial score (nSPS) is 14.7. The average molecular weight is 806 g/mol. The summed E-state index contributed by atoms with van der Waals surface area (Å²) >= 11 is 0. The van der Waals surface area contributed by atoms with Gasteiger partial charge >= 0.3 is 19.8 Å². The maximum Gasteiger partial charge on any atom is 0.472 e. The molecule has 0 aliphatic carbocycles. The van der Waals surface area contributed by atoms with Crippen LogP contribution in [0.1, 0.15) is 149 Å². The Morgan fingerprint density at radius 2 is 1.05 bits per heavy atom. The molecule has 1 unspecified atom stereocenters. The third-order valence-corrected chi connectivity index (χ3v) is 9.26. The van der Waals surface area contributed by atoms with Crippen molar-refractivity contribution in [2.24, 2.45) is 5.73 Å². The van der Waals surface area contributed by atoms with Crippen LogP contribution in [0.2, 0.25) is 0 Å². The predicted molar refractivity (Wildman–Crippen MR) is 230 cm³/mol. The fourth-order valence-corrected chi connectivity index (χ4v) is 5.90. The Kier molecular flexibility index (Phi) is 38.3. The van der Waals surface area contributed by atoms with Gasteiger partial charge in [-0.25, -0.2) is 4.57 Å². The van der Waals surface area contributed by atoms with Gasteiger partial charge in [0.2, 0.25) is 0 Å². The highest BCUT2D eigenvalue weighted by Gasteiger charge is 2.25. The average Bonchev–Trinajstić information content (AvgIpc) is 3.17. The lowest BCUT2D eigenvalue weighted by atomic mass is 10.1. The van der Waals surface area contributed by atoms with Gasteiger partial charge in [-0.2, -0.15) is 0 Å². The van der Waals surface area contributed by atoms with Gasteiger partial charge in [-0.05, 0) is 96.8 Å². The first kappa shape index (κ1) is 53.1. The number of rotatable bonds is 38. The summed E-state index contributed by atoms with van der Waals surface area (Å²) in [5, 5.41) is 9.26. The minimum Gasteiger partial charge on any atom is -0.462 e. The van der Waals surface area contributed by atoms with Crippen LogP contribution in [0.5, 0.6) is 0 Å². The van der Waals surface area contributed by atoms with Crippen LogP contribution in [0.3, 0.4) is 0 Å². The van der Waals surface area contributed by atoms with E-state index in [0.29, 0.717) is 25.7 Å². The molecular weight excluding hydrogens is 729 g/mol. The number of aliphatic hydroxyl groups is 1. The molecule has 0 spiro atoms. The molecule has 0 saturated heterocycles. The summed E-state index contributed by atoms with van der Waals surface area (Å²) in [6.07, 6.45) is 47.6. The Bertz CT molecular complexity index is 1210. The van der Waals surface area contributed by atoms with Gasteiger partial charge in [0.15, 0.2) is 6.10 Å². The third kappa shape index (κ3) is 40.8. The second kappa shape index (κ2) is 40.4. The van der Waals surface area contributed by atoms with Crippen LogP contribution in [0.4, 0.5) is 0 Å². The Morgan fingerprint density at radius 1 is 0.607 bits per heavy atom. The number of nitrogens with two attached hydrogens (primary N) is 1. The number of hydrogen-bond donors (Lipinski definition) is 3. The van der Waals surface area contributed by atoms with E-state index in [-0.39, 0.29) is 38.7 Å². The van der Waals surface area contributed by atoms with E-state index in [9.17, 15) is 24.2 Å². The molecule has 0 aromatic rings. The number of phosphoric acid groups is 1. The van der Waals surface area contributed by atoms with E-state index >= 15 is 0 Å². The zero-order chi connectivity index (χ0) is 41.2. The molecule has 0 aliphatic heterocycles. The summed E-state index contributed by atoms with van der Waals surface area (Å²) in [6, 6.07) is 0. The van der Waals surface area contributed by atoms with Gasteiger partial charge in [0.05, 0.1) is 19.3 Å². The van der Waals surface area contributed by atoms with Crippen molar-refractivity contribution in [2.45, 2.75) is 161 Å². The van der Waals surface area contributed by atoms with Crippen LogP contribution in [-0.2, 0) is 32.7 Å². The van der Waals surface area contributed by atoms with Crippen LogP contribution in [0.15, 0.2) is 85.1 Å². The van der Waals surface area contributed by atoms with Crippen molar-refractivity contribution in [3.8, 4) is 0 Å². The zero-order valence-corrected chi connectivity index (χ0v) is 35.6. The van der Waals surface area contributed by atoms with Crippen LogP contribution in [0.25, 0.3) is 0 Å². The second-order valence-electron chi connectivity index (χ2n) is 13.8. The first-order valence-corrected chi connectivity index (χ1v) is 22.6. The molecule has 56 heavy (non-hydrogen) atoms. The number of unbranched alkanes of at least 4 members (excludes halogenated alkanes) is 9. The molecule has 0 fully saturated rings. The monoisotopic (exact) mass is 806 g/mol. The van der Waals surface area contributed by atoms with E-state index in [4.69, 9.17) is 24.3 Å². The molecule has 3 atom stereocenters. The number of hydrogen-bond acceptors (Lipinski definition) is 9. The SMILES string of the molecule is CCCCCCCC/C=C\C/C=C\C/C=C\CCCC(=O)O[C@H](COC(=O)CCC/C=C\C/C=C\C/C=C\C/C=C\CCC[C@@H](C)O)COP(=O)(O)OCCN. The minimum absolute atomic E-state index is 0.0290. The standard InChI is InChI=1S/C45H76NO9P/c1-3-4-5-6-7-8-9-10-11-12-15-19-22-25-28-31-34-37-45(49)55-43(41-54-56(50,51)53-39-38-46)40-52-44(48)36-33-30-27-24-21-18-16-13-14-17-20-23-26-29-32-35-42(2)47/h10-11,14-19,23-28,42-43,47H,3-9,12-13,20-22,29-41,46H2,1-2H3,(H,50,51)/b11-10-,17-14-,18-16-,19-15-,26-23-,27-24-,28-25-/t42-,43-/m1/s1. The predicted octanol–water partition coefficient (Wildman–Crippen LogP) is 11.0. The summed E-state index contributed by atoms with van der Waals surface area (Å²) in [4.78, 5) is 34.8. The number of carbonyl (C=O) groups is 2. The molecule has 0 aliphatic rings. The van der Waals surface area contributed by atoms with Crippen molar-refractivity contribution >= 4 is 19.8 Å². The molecule has 0 aromatic heterocycles. The fourth-order valence-electron chi connectivity index (χ4n) is 5.13. The van der Waals surface area contributed by atoms with E-state index in [1.807, 2.05) is 19.1 Å². The number of aliphatic hydroxyl groups excluding tert-OH is 1. The molecule has 10 nitrogen and oxygen atoms in total. The number of esters is 2. The maximum absolute atomic E-state index is 12.5. The molecule has 0 radical (unpaired) electrons. The van der Waals surface area contributed by atoms with Gasteiger partial charge in [0.25, 0.3) is 0 Å². The maximum atomic E-state index is 12.5. The highest BCUT2D eigenvalue weighted by Crippen LogP contribution is 2.43. The highest BCUT2D eigenvalue weighted by atomic mass is 31.2. The minimum atomic E-state index is -4.41. The topological polar surface area (TPSA) is 155 Å². The molecule has 0 bridgehead atoms. The number of phosphoric ester groups is 1. The number of carbonyl (C=O) groups excluding carboxylic acids is 2. The molecule has 0 heterocycles. The van der Waals surface area contributed by atoms with Crippen LogP contribution < -0.4 is 5.73 Å². The summed E-state index contributed by atoms with van der Waals surface area (Å²) in [7, 11) is -4.41. The lowest BCUT2D eigenvalue weighted by Gasteiger charge is -2.19. The van der Waals surface area contributed by atoms with Gasteiger partial charge in [0, 0.05) is 19.4 Å². The molecule has 0 rings (SSSR count).